The van der Waals surface area contributed by atoms with E-state index in [9.17, 15) is 9.90 Å². The van der Waals surface area contributed by atoms with E-state index in [1.54, 1.807) is 6.20 Å². The molecule has 1 saturated carbocycles. The van der Waals surface area contributed by atoms with E-state index in [2.05, 4.69) is 20.1 Å². The molecule has 0 unspecified atom stereocenters. The van der Waals surface area contributed by atoms with Crippen molar-refractivity contribution in [3.63, 3.8) is 0 Å². The van der Waals surface area contributed by atoms with Crippen LogP contribution in [-0.4, -0.2) is 66.3 Å². The van der Waals surface area contributed by atoms with Gasteiger partial charge >= 0.3 is 0 Å². The molecule has 6 nitrogen and oxygen atoms in total. The van der Waals surface area contributed by atoms with Crippen molar-refractivity contribution in [1.29, 1.82) is 0 Å². The number of hydrogen-bond donors (Lipinski definition) is 2. The SMILES string of the molecule is CCNC(=O)c1ccc(N2CCN(CC3CCCCC3)[C@@H](CCO)C2)nc1. The Morgan fingerprint density at radius 2 is 2.07 bits per heavy atom. The molecule has 150 valence electrons. The van der Waals surface area contributed by atoms with Crippen LogP contribution in [0.1, 0.15) is 55.8 Å². The minimum Gasteiger partial charge on any atom is -0.396 e. The molecular formula is C21H34N4O2. The van der Waals surface area contributed by atoms with E-state index in [4.69, 9.17) is 0 Å². The molecule has 0 radical (unpaired) electrons. The van der Waals surface area contributed by atoms with Gasteiger partial charge in [-0.15, -0.1) is 0 Å². The van der Waals surface area contributed by atoms with Gasteiger partial charge in [0, 0.05) is 51.6 Å². The molecule has 1 amide bonds. The minimum atomic E-state index is -0.0768. The summed E-state index contributed by atoms with van der Waals surface area (Å²) in [4.78, 5) is 21.3. The Morgan fingerprint density at radius 1 is 1.26 bits per heavy atom. The van der Waals surface area contributed by atoms with Crippen molar-refractivity contribution < 1.29 is 9.90 Å². The number of amides is 1. The van der Waals surface area contributed by atoms with Crippen molar-refractivity contribution in [2.24, 2.45) is 5.92 Å². The topological polar surface area (TPSA) is 68.7 Å². The zero-order chi connectivity index (χ0) is 19.1. The first-order chi connectivity index (χ1) is 13.2. The lowest BCUT2D eigenvalue weighted by atomic mass is 9.88. The van der Waals surface area contributed by atoms with E-state index in [0.717, 1.165) is 37.8 Å². The van der Waals surface area contributed by atoms with Gasteiger partial charge in [-0.05, 0) is 44.2 Å². The molecule has 2 aliphatic rings. The zero-order valence-corrected chi connectivity index (χ0v) is 16.6. The van der Waals surface area contributed by atoms with Gasteiger partial charge in [-0.25, -0.2) is 4.98 Å². The number of aliphatic hydroxyl groups excluding tert-OH is 1. The van der Waals surface area contributed by atoms with E-state index < -0.39 is 0 Å². The van der Waals surface area contributed by atoms with Crippen LogP contribution in [0.3, 0.4) is 0 Å². The van der Waals surface area contributed by atoms with Crippen LogP contribution in [0.5, 0.6) is 0 Å². The lowest BCUT2D eigenvalue weighted by Crippen LogP contribution is -2.55. The van der Waals surface area contributed by atoms with Gasteiger partial charge < -0.3 is 15.3 Å². The number of carbonyl (C=O) groups excluding carboxylic acids is 1. The quantitative estimate of drug-likeness (QED) is 0.766. The Labute approximate surface area is 163 Å². The first-order valence-electron chi connectivity index (χ1n) is 10.6. The molecule has 1 saturated heterocycles. The number of nitrogens with one attached hydrogen (secondary N) is 1. The number of pyridine rings is 1. The molecular weight excluding hydrogens is 340 g/mol. The molecule has 0 bridgehead atoms. The summed E-state index contributed by atoms with van der Waals surface area (Å²) in [5.74, 6) is 1.66. The number of anilines is 1. The molecule has 2 heterocycles. The normalized spacial score (nSPS) is 22.0. The average molecular weight is 375 g/mol. The minimum absolute atomic E-state index is 0.0768. The lowest BCUT2D eigenvalue weighted by molar-refractivity contribution is 0.0955. The maximum absolute atomic E-state index is 11.9. The first kappa shape index (κ1) is 20.1. The molecule has 3 rings (SSSR count). The highest BCUT2D eigenvalue weighted by atomic mass is 16.3. The third kappa shape index (κ3) is 5.42. The van der Waals surface area contributed by atoms with Crippen molar-refractivity contribution in [3.05, 3.63) is 23.9 Å². The Bertz CT molecular complexity index is 586. The number of nitrogens with zero attached hydrogens (tertiary/aromatic N) is 3. The molecule has 2 fully saturated rings. The van der Waals surface area contributed by atoms with Crippen LogP contribution in [0.25, 0.3) is 0 Å². The highest BCUT2D eigenvalue weighted by Gasteiger charge is 2.29. The van der Waals surface area contributed by atoms with Gasteiger partial charge in [0.25, 0.3) is 5.91 Å². The van der Waals surface area contributed by atoms with Crippen molar-refractivity contribution >= 4 is 11.7 Å². The van der Waals surface area contributed by atoms with Crippen molar-refractivity contribution in [1.82, 2.24) is 15.2 Å². The molecule has 1 aromatic rings. The molecule has 0 spiro atoms. The number of carbonyl (C=O) groups is 1. The third-order valence-electron chi connectivity index (χ3n) is 5.96. The molecule has 27 heavy (non-hydrogen) atoms. The second kappa shape index (κ2) is 10.0. The summed E-state index contributed by atoms with van der Waals surface area (Å²) in [5, 5.41) is 12.3. The van der Waals surface area contributed by atoms with Gasteiger partial charge in [0.2, 0.25) is 0 Å². The summed E-state index contributed by atoms with van der Waals surface area (Å²) in [6.45, 7) is 6.77. The van der Waals surface area contributed by atoms with Gasteiger partial charge in [0.15, 0.2) is 0 Å². The second-order valence-corrected chi connectivity index (χ2v) is 7.88. The van der Waals surface area contributed by atoms with Gasteiger partial charge in [0.05, 0.1) is 5.56 Å². The number of aliphatic hydroxyl groups is 1. The fourth-order valence-electron chi connectivity index (χ4n) is 4.44. The first-order valence-corrected chi connectivity index (χ1v) is 10.6. The molecule has 1 atom stereocenters. The second-order valence-electron chi connectivity index (χ2n) is 7.88. The van der Waals surface area contributed by atoms with E-state index >= 15 is 0 Å². The smallest absolute Gasteiger partial charge is 0.252 e. The van der Waals surface area contributed by atoms with Gasteiger partial charge in [0.1, 0.15) is 5.82 Å². The highest BCUT2D eigenvalue weighted by molar-refractivity contribution is 5.93. The van der Waals surface area contributed by atoms with Crippen LogP contribution in [-0.2, 0) is 0 Å². The number of hydrogen-bond acceptors (Lipinski definition) is 5. The molecule has 0 aromatic carbocycles. The largest absolute Gasteiger partial charge is 0.396 e. The molecule has 2 N–H and O–H groups in total. The van der Waals surface area contributed by atoms with Crippen molar-refractivity contribution in [2.45, 2.75) is 51.5 Å². The summed E-state index contributed by atoms with van der Waals surface area (Å²) >= 11 is 0. The number of piperazine rings is 1. The summed E-state index contributed by atoms with van der Waals surface area (Å²) in [6, 6.07) is 4.16. The average Bonchev–Trinajstić information content (AvgIpc) is 2.70. The molecule has 6 heteroatoms. The van der Waals surface area contributed by atoms with Crippen LogP contribution in [0, 0.1) is 5.92 Å². The summed E-state index contributed by atoms with van der Waals surface area (Å²) in [5.41, 5.74) is 0.600. The zero-order valence-electron chi connectivity index (χ0n) is 16.6. The van der Waals surface area contributed by atoms with Crippen LogP contribution in [0.4, 0.5) is 5.82 Å². The lowest BCUT2D eigenvalue weighted by Gasteiger charge is -2.43. The fraction of sp³-hybridized carbons (Fsp3) is 0.714. The van der Waals surface area contributed by atoms with Gasteiger partial charge in [-0.2, -0.15) is 0 Å². The number of rotatable bonds is 7. The van der Waals surface area contributed by atoms with Gasteiger partial charge in [-0.3, -0.25) is 9.69 Å². The maximum atomic E-state index is 11.9. The molecule has 1 aliphatic carbocycles. The monoisotopic (exact) mass is 374 g/mol. The Kier molecular flexibility index (Phi) is 7.47. The summed E-state index contributed by atoms with van der Waals surface area (Å²) < 4.78 is 0. The maximum Gasteiger partial charge on any atom is 0.252 e. The Hall–Kier alpha value is -1.66. The van der Waals surface area contributed by atoms with Crippen LogP contribution in [0.15, 0.2) is 18.3 Å². The van der Waals surface area contributed by atoms with E-state index in [1.807, 2.05) is 19.1 Å². The summed E-state index contributed by atoms with van der Waals surface area (Å²) in [6.07, 6.45) is 9.32. The number of aromatic nitrogens is 1. The Morgan fingerprint density at radius 3 is 2.74 bits per heavy atom. The molecule has 1 aliphatic heterocycles. The highest BCUT2D eigenvalue weighted by Crippen LogP contribution is 2.27. The predicted molar refractivity (Wildman–Crippen MR) is 108 cm³/mol. The van der Waals surface area contributed by atoms with Crippen LogP contribution >= 0.6 is 0 Å². The van der Waals surface area contributed by atoms with E-state index in [1.165, 1.54) is 38.6 Å². The van der Waals surface area contributed by atoms with E-state index in [-0.39, 0.29) is 12.5 Å². The van der Waals surface area contributed by atoms with Crippen molar-refractivity contribution in [2.75, 3.05) is 44.2 Å². The third-order valence-corrected chi connectivity index (χ3v) is 5.96. The van der Waals surface area contributed by atoms with Gasteiger partial charge in [-0.1, -0.05) is 19.3 Å². The van der Waals surface area contributed by atoms with Crippen LogP contribution in [0.2, 0.25) is 0 Å². The Balaban J connectivity index is 1.60. The predicted octanol–water partition coefficient (Wildman–Crippen LogP) is 2.28. The summed E-state index contributed by atoms with van der Waals surface area (Å²) in [7, 11) is 0. The van der Waals surface area contributed by atoms with Crippen LogP contribution < -0.4 is 10.2 Å². The molecule has 1 aromatic heterocycles. The van der Waals surface area contributed by atoms with E-state index in [0.29, 0.717) is 18.2 Å². The fourth-order valence-corrected chi connectivity index (χ4v) is 4.44. The van der Waals surface area contributed by atoms with Crippen molar-refractivity contribution in [3.8, 4) is 0 Å². The standard InChI is InChI=1S/C21H34N4O2/c1-2-22-21(27)18-8-9-20(23-14-18)25-12-11-24(19(16-25)10-13-26)15-17-6-4-3-5-7-17/h8-9,14,17,19,26H,2-7,10-13,15-16H2,1H3,(H,22,27)/t19-/m0/s1.